The Bertz CT molecular complexity index is 1020. The van der Waals surface area contributed by atoms with Gasteiger partial charge in [-0.15, -0.1) is 0 Å². The molecule has 7 heteroatoms. The molecule has 1 aromatic heterocycles. The number of fused-ring (bicyclic) bond motifs is 2. The number of nitrogens with zero attached hydrogens (tertiary/aromatic N) is 3. The predicted octanol–water partition coefficient (Wildman–Crippen LogP) is 4.29. The zero-order valence-corrected chi connectivity index (χ0v) is 14.5. The van der Waals surface area contributed by atoms with Crippen LogP contribution in [0.1, 0.15) is 39.4 Å². The van der Waals surface area contributed by atoms with E-state index in [-0.39, 0.29) is 17.0 Å². The molecular formula is C18H11Cl2N3O2. The molecule has 2 aromatic carbocycles. The van der Waals surface area contributed by atoms with Crippen molar-refractivity contribution >= 4 is 46.0 Å². The Morgan fingerprint density at radius 3 is 2.20 bits per heavy atom. The molecule has 0 unspecified atom stereocenters. The largest absolute Gasteiger partial charge is 0.269 e. The SMILES string of the molecule is C[C@H](c1nc2cccc(Cl)c2nc1Cl)N1C(=O)c2ccccc2C1=O. The van der Waals surface area contributed by atoms with Crippen LogP contribution in [-0.2, 0) is 0 Å². The van der Waals surface area contributed by atoms with Crippen molar-refractivity contribution in [3.63, 3.8) is 0 Å². The monoisotopic (exact) mass is 371 g/mol. The standard InChI is InChI=1S/C18H11Cl2N3O2/c1-9(23-17(24)10-5-2-3-6-11(10)18(23)25)14-16(20)22-15-12(19)7-4-8-13(15)21-14/h2-9H,1H3/t9-/m1/s1. The molecule has 5 nitrogen and oxygen atoms in total. The van der Waals surface area contributed by atoms with E-state index < -0.39 is 6.04 Å². The van der Waals surface area contributed by atoms with Crippen molar-refractivity contribution in [3.8, 4) is 0 Å². The quantitative estimate of drug-likeness (QED) is 0.630. The van der Waals surface area contributed by atoms with Crippen LogP contribution in [0, 0.1) is 0 Å². The third kappa shape index (κ3) is 2.39. The Morgan fingerprint density at radius 1 is 0.920 bits per heavy atom. The number of imide groups is 1. The highest BCUT2D eigenvalue weighted by Gasteiger charge is 2.39. The van der Waals surface area contributed by atoms with Gasteiger partial charge in [-0.05, 0) is 31.2 Å². The highest BCUT2D eigenvalue weighted by atomic mass is 35.5. The fourth-order valence-electron chi connectivity index (χ4n) is 2.98. The van der Waals surface area contributed by atoms with Crippen LogP contribution in [0.3, 0.4) is 0 Å². The zero-order valence-electron chi connectivity index (χ0n) is 13.0. The van der Waals surface area contributed by atoms with Gasteiger partial charge in [0.05, 0.1) is 27.7 Å². The van der Waals surface area contributed by atoms with Crippen molar-refractivity contribution in [3.05, 3.63) is 69.5 Å². The molecule has 2 heterocycles. The van der Waals surface area contributed by atoms with Gasteiger partial charge in [-0.1, -0.05) is 41.4 Å². The normalized spacial score (nSPS) is 14.9. The second-order valence-corrected chi connectivity index (χ2v) is 6.47. The van der Waals surface area contributed by atoms with Crippen molar-refractivity contribution in [2.45, 2.75) is 13.0 Å². The lowest BCUT2D eigenvalue weighted by atomic mass is 10.1. The lowest BCUT2D eigenvalue weighted by molar-refractivity contribution is 0.0592. The molecule has 4 rings (SSSR count). The fourth-order valence-corrected chi connectivity index (χ4v) is 3.48. The van der Waals surface area contributed by atoms with Gasteiger partial charge in [0.15, 0.2) is 5.15 Å². The molecule has 0 aliphatic carbocycles. The van der Waals surface area contributed by atoms with Gasteiger partial charge in [0.2, 0.25) is 0 Å². The summed E-state index contributed by atoms with van der Waals surface area (Å²) in [4.78, 5) is 35.2. The summed E-state index contributed by atoms with van der Waals surface area (Å²) in [5, 5.41) is 0.552. The second-order valence-electron chi connectivity index (χ2n) is 5.71. The molecule has 3 aromatic rings. The second kappa shape index (κ2) is 5.79. The van der Waals surface area contributed by atoms with Crippen molar-refractivity contribution in [2.24, 2.45) is 0 Å². The van der Waals surface area contributed by atoms with Crippen LogP contribution in [0.4, 0.5) is 0 Å². The average molecular weight is 372 g/mol. The lowest BCUT2D eigenvalue weighted by Crippen LogP contribution is -2.33. The Labute approximate surface area is 153 Å². The highest BCUT2D eigenvalue weighted by Crippen LogP contribution is 2.34. The van der Waals surface area contributed by atoms with E-state index >= 15 is 0 Å². The predicted molar refractivity (Wildman–Crippen MR) is 94.9 cm³/mol. The van der Waals surface area contributed by atoms with Crippen LogP contribution < -0.4 is 0 Å². The highest BCUT2D eigenvalue weighted by molar-refractivity contribution is 6.35. The lowest BCUT2D eigenvalue weighted by Gasteiger charge is -2.22. The van der Waals surface area contributed by atoms with E-state index in [9.17, 15) is 9.59 Å². The van der Waals surface area contributed by atoms with Gasteiger partial charge in [-0.25, -0.2) is 9.97 Å². The Balaban J connectivity index is 1.81. The van der Waals surface area contributed by atoms with Gasteiger partial charge in [-0.2, -0.15) is 0 Å². The van der Waals surface area contributed by atoms with E-state index in [1.807, 2.05) is 0 Å². The summed E-state index contributed by atoms with van der Waals surface area (Å²) in [5.41, 5.74) is 2.15. The van der Waals surface area contributed by atoms with Crippen molar-refractivity contribution in [1.29, 1.82) is 0 Å². The van der Waals surface area contributed by atoms with Crippen LogP contribution in [0.25, 0.3) is 11.0 Å². The number of carbonyl (C=O) groups excluding carboxylic acids is 2. The first kappa shape index (κ1) is 16.0. The Hall–Kier alpha value is -2.50. The number of rotatable bonds is 2. The van der Waals surface area contributed by atoms with Crippen LogP contribution in [0.15, 0.2) is 42.5 Å². The fraction of sp³-hybridized carbons (Fsp3) is 0.111. The molecule has 1 aliphatic rings. The first-order valence-corrected chi connectivity index (χ1v) is 8.33. The minimum absolute atomic E-state index is 0.115. The van der Waals surface area contributed by atoms with E-state index in [2.05, 4.69) is 9.97 Å². The van der Waals surface area contributed by atoms with E-state index in [1.54, 1.807) is 49.4 Å². The molecule has 0 radical (unpaired) electrons. The van der Waals surface area contributed by atoms with E-state index in [0.717, 1.165) is 4.90 Å². The first-order chi connectivity index (χ1) is 12.0. The summed E-state index contributed by atoms with van der Waals surface area (Å²) < 4.78 is 0. The minimum Gasteiger partial charge on any atom is -0.269 e. The van der Waals surface area contributed by atoms with Crippen LogP contribution >= 0.6 is 23.2 Å². The number of carbonyl (C=O) groups is 2. The van der Waals surface area contributed by atoms with Gasteiger partial charge < -0.3 is 0 Å². The molecule has 0 bridgehead atoms. The molecule has 0 fully saturated rings. The number of amides is 2. The van der Waals surface area contributed by atoms with E-state index in [0.29, 0.717) is 32.9 Å². The summed E-state index contributed by atoms with van der Waals surface area (Å²) in [7, 11) is 0. The molecule has 0 spiro atoms. The molecule has 1 aliphatic heterocycles. The molecule has 0 saturated heterocycles. The number of para-hydroxylation sites is 1. The number of aromatic nitrogens is 2. The molecule has 0 N–H and O–H groups in total. The third-order valence-electron chi connectivity index (χ3n) is 4.24. The van der Waals surface area contributed by atoms with Crippen LogP contribution in [0.5, 0.6) is 0 Å². The smallest absolute Gasteiger partial charge is 0.262 e. The molecule has 1 atom stereocenters. The zero-order chi connectivity index (χ0) is 17.7. The van der Waals surface area contributed by atoms with Gasteiger partial charge in [0.1, 0.15) is 11.2 Å². The van der Waals surface area contributed by atoms with Gasteiger partial charge >= 0.3 is 0 Å². The van der Waals surface area contributed by atoms with Gasteiger partial charge in [0.25, 0.3) is 11.8 Å². The maximum atomic E-state index is 12.6. The minimum atomic E-state index is -0.657. The summed E-state index contributed by atoms with van der Waals surface area (Å²) in [6, 6.07) is 11.3. The number of benzene rings is 2. The molecule has 2 amide bonds. The van der Waals surface area contributed by atoms with Gasteiger partial charge in [0, 0.05) is 0 Å². The van der Waals surface area contributed by atoms with Crippen molar-refractivity contribution < 1.29 is 9.59 Å². The van der Waals surface area contributed by atoms with E-state index in [4.69, 9.17) is 23.2 Å². The first-order valence-electron chi connectivity index (χ1n) is 7.57. The van der Waals surface area contributed by atoms with E-state index in [1.165, 1.54) is 0 Å². The summed E-state index contributed by atoms with van der Waals surface area (Å²) in [5.74, 6) is -0.727. The van der Waals surface area contributed by atoms with Crippen LogP contribution in [0.2, 0.25) is 10.2 Å². The summed E-state index contributed by atoms with van der Waals surface area (Å²) in [6.45, 7) is 1.70. The Kier molecular flexibility index (Phi) is 3.71. The average Bonchev–Trinajstić information content (AvgIpc) is 2.86. The Morgan fingerprint density at radius 2 is 1.56 bits per heavy atom. The molecule has 25 heavy (non-hydrogen) atoms. The molecule has 0 saturated carbocycles. The number of halogens is 2. The topological polar surface area (TPSA) is 63.2 Å². The van der Waals surface area contributed by atoms with Gasteiger partial charge in [-0.3, -0.25) is 14.5 Å². The van der Waals surface area contributed by atoms with Crippen LogP contribution in [-0.4, -0.2) is 26.7 Å². The van der Waals surface area contributed by atoms with Crippen molar-refractivity contribution in [1.82, 2.24) is 14.9 Å². The molecule has 124 valence electrons. The number of hydrogen-bond acceptors (Lipinski definition) is 4. The maximum absolute atomic E-state index is 12.6. The summed E-state index contributed by atoms with van der Waals surface area (Å²) >= 11 is 12.4. The number of hydrogen-bond donors (Lipinski definition) is 0. The third-order valence-corrected chi connectivity index (χ3v) is 4.82. The maximum Gasteiger partial charge on any atom is 0.262 e. The summed E-state index contributed by atoms with van der Waals surface area (Å²) in [6.07, 6.45) is 0. The van der Waals surface area contributed by atoms with Crippen molar-refractivity contribution in [2.75, 3.05) is 0 Å². The molecular weight excluding hydrogens is 361 g/mol.